The molecule has 1 amide bonds. The van der Waals surface area contributed by atoms with E-state index in [4.69, 9.17) is 0 Å². The predicted octanol–water partition coefficient (Wildman–Crippen LogP) is 1.05. The Labute approximate surface area is 102 Å². The first-order chi connectivity index (χ1) is 8.38. The van der Waals surface area contributed by atoms with Crippen molar-refractivity contribution in [2.24, 2.45) is 0 Å². The molecule has 0 saturated carbocycles. The minimum Gasteiger partial charge on any atom is -0.347 e. The number of carbonyl (C=O) groups is 1. The number of nitrogens with zero attached hydrogens (tertiary/aromatic N) is 1. The Balaban J connectivity index is 2.13. The van der Waals surface area contributed by atoms with Gasteiger partial charge in [-0.15, -0.1) is 0 Å². The standard InChI is InChI=1S/C12H13F3N2O/c13-12(14,15)9-3-1-2-8(6-9)7-17-5-4-10(16)11(17)18/h1-3,6,10H,4-5,7,16H2/p+1/t10-/m0/s1. The van der Waals surface area contributed by atoms with Crippen LogP contribution in [0.25, 0.3) is 0 Å². The van der Waals surface area contributed by atoms with Gasteiger partial charge >= 0.3 is 6.18 Å². The third kappa shape index (κ3) is 2.64. The molecular formula is C12H14F3N2O+. The zero-order chi connectivity index (χ0) is 13.3. The van der Waals surface area contributed by atoms with Crippen LogP contribution in [-0.2, 0) is 17.5 Å². The molecule has 1 aromatic carbocycles. The maximum Gasteiger partial charge on any atom is 0.416 e. The van der Waals surface area contributed by atoms with Gasteiger partial charge in [0.05, 0.1) is 5.56 Å². The van der Waals surface area contributed by atoms with Gasteiger partial charge in [0.2, 0.25) is 0 Å². The summed E-state index contributed by atoms with van der Waals surface area (Å²) >= 11 is 0. The number of hydrogen-bond donors (Lipinski definition) is 1. The summed E-state index contributed by atoms with van der Waals surface area (Å²) in [6.07, 6.45) is -3.68. The van der Waals surface area contributed by atoms with Crippen LogP contribution in [0.2, 0.25) is 0 Å². The Morgan fingerprint density at radius 2 is 2.11 bits per heavy atom. The number of halogens is 3. The van der Waals surface area contributed by atoms with Crippen molar-refractivity contribution in [1.82, 2.24) is 4.90 Å². The predicted molar refractivity (Wildman–Crippen MR) is 58.2 cm³/mol. The van der Waals surface area contributed by atoms with Crippen molar-refractivity contribution in [3.05, 3.63) is 35.4 Å². The van der Waals surface area contributed by atoms with E-state index in [0.717, 1.165) is 12.1 Å². The van der Waals surface area contributed by atoms with Crippen molar-refractivity contribution in [2.75, 3.05) is 6.54 Å². The van der Waals surface area contributed by atoms with E-state index in [0.29, 0.717) is 18.5 Å². The molecule has 3 N–H and O–H groups in total. The molecule has 6 heteroatoms. The summed E-state index contributed by atoms with van der Waals surface area (Å²) in [7, 11) is 0. The first kappa shape index (κ1) is 12.9. The Morgan fingerprint density at radius 3 is 2.67 bits per heavy atom. The number of quaternary nitrogens is 1. The number of amides is 1. The van der Waals surface area contributed by atoms with Crippen molar-refractivity contribution < 1.29 is 23.7 Å². The van der Waals surface area contributed by atoms with Gasteiger partial charge < -0.3 is 10.6 Å². The van der Waals surface area contributed by atoms with Crippen LogP contribution in [0.5, 0.6) is 0 Å². The summed E-state index contributed by atoms with van der Waals surface area (Å²) in [4.78, 5) is 13.2. The average Bonchev–Trinajstić information content (AvgIpc) is 2.60. The lowest BCUT2D eigenvalue weighted by atomic mass is 10.1. The first-order valence-corrected chi connectivity index (χ1v) is 5.66. The van der Waals surface area contributed by atoms with Crippen molar-refractivity contribution in [2.45, 2.75) is 25.2 Å². The number of likely N-dealkylation sites (tertiary alicyclic amines) is 1. The van der Waals surface area contributed by atoms with E-state index >= 15 is 0 Å². The van der Waals surface area contributed by atoms with E-state index in [1.165, 1.54) is 6.07 Å². The van der Waals surface area contributed by atoms with Gasteiger partial charge in [0, 0.05) is 19.5 Å². The second kappa shape index (κ2) is 4.61. The van der Waals surface area contributed by atoms with Crippen LogP contribution in [0.15, 0.2) is 24.3 Å². The molecule has 0 spiro atoms. The highest BCUT2D eigenvalue weighted by atomic mass is 19.4. The summed E-state index contributed by atoms with van der Waals surface area (Å²) in [6.45, 7) is 0.776. The fraction of sp³-hybridized carbons (Fsp3) is 0.417. The highest BCUT2D eigenvalue weighted by Crippen LogP contribution is 2.29. The number of alkyl halides is 3. The summed E-state index contributed by atoms with van der Waals surface area (Å²) in [5.41, 5.74) is 3.51. The molecule has 2 rings (SSSR count). The maximum atomic E-state index is 12.5. The molecule has 1 fully saturated rings. The maximum absolute atomic E-state index is 12.5. The monoisotopic (exact) mass is 259 g/mol. The Kier molecular flexibility index (Phi) is 3.30. The van der Waals surface area contributed by atoms with E-state index in [-0.39, 0.29) is 18.5 Å². The van der Waals surface area contributed by atoms with Gasteiger partial charge in [-0.25, -0.2) is 0 Å². The largest absolute Gasteiger partial charge is 0.416 e. The molecule has 0 unspecified atom stereocenters. The normalized spacial score (nSPS) is 20.6. The van der Waals surface area contributed by atoms with Crippen molar-refractivity contribution >= 4 is 5.91 Å². The second-order valence-electron chi connectivity index (χ2n) is 4.44. The lowest BCUT2D eigenvalue weighted by molar-refractivity contribution is -0.401. The fourth-order valence-electron chi connectivity index (χ4n) is 2.03. The van der Waals surface area contributed by atoms with Crippen molar-refractivity contribution in [3.8, 4) is 0 Å². The fourth-order valence-corrected chi connectivity index (χ4v) is 2.03. The van der Waals surface area contributed by atoms with Crippen LogP contribution < -0.4 is 5.73 Å². The number of hydrogen-bond acceptors (Lipinski definition) is 1. The first-order valence-electron chi connectivity index (χ1n) is 5.66. The van der Waals surface area contributed by atoms with Gasteiger partial charge in [-0.05, 0) is 17.7 Å². The van der Waals surface area contributed by atoms with Gasteiger partial charge in [0.15, 0.2) is 6.04 Å². The van der Waals surface area contributed by atoms with Gasteiger partial charge in [0.1, 0.15) is 0 Å². The third-order valence-corrected chi connectivity index (χ3v) is 3.04. The van der Waals surface area contributed by atoms with Crippen LogP contribution in [0.1, 0.15) is 17.5 Å². The van der Waals surface area contributed by atoms with Gasteiger partial charge in [-0.1, -0.05) is 12.1 Å². The molecule has 18 heavy (non-hydrogen) atoms. The molecule has 1 aliphatic heterocycles. The van der Waals surface area contributed by atoms with Crippen LogP contribution in [0.4, 0.5) is 13.2 Å². The minimum atomic E-state index is -4.35. The molecule has 0 aromatic heterocycles. The highest BCUT2D eigenvalue weighted by molar-refractivity contribution is 5.82. The zero-order valence-corrected chi connectivity index (χ0v) is 9.70. The highest BCUT2D eigenvalue weighted by Gasteiger charge is 2.33. The zero-order valence-electron chi connectivity index (χ0n) is 9.70. The number of carbonyl (C=O) groups excluding carboxylic acids is 1. The summed E-state index contributed by atoms with van der Waals surface area (Å²) in [5, 5.41) is 0. The van der Waals surface area contributed by atoms with Gasteiger partial charge in [0.25, 0.3) is 5.91 Å². The molecule has 1 heterocycles. The van der Waals surface area contributed by atoms with Gasteiger partial charge in [-0.2, -0.15) is 13.2 Å². The molecule has 1 aliphatic rings. The van der Waals surface area contributed by atoms with E-state index in [2.05, 4.69) is 5.73 Å². The topological polar surface area (TPSA) is 48.0 Å². The smallest absolute Gasteiger partial charge is 0.347 e. The third-order valence-electron chi connectivity index (χ3n) is 3.04. The molecule has 98 valence electrons. The lowest BCUT2D eigenvalue weighted by Gasteiger charge is -2.16. The molecule has 0 bridgehead atoms. The molecule has 0 aliphatic carbocycles. The summed E-state index contributed by atoms with van der Waals surface area (Å²) in [5.74, 6) is -0.0904. The minimum absolute atomic E-state index is 0.0904. The molecule has 1 aromatic rings. The lowest BCUT2D eigenvalue weighted by Crippen LogP contribution is -2.64. The molecule has 0 radical (unpaired) electrons. The van der Waals surface area contributed by atoms with E-state index in [1.807, 2.05) is 0 Å². The molecule has 1 atom stereocenters. The average molecular weight is 259 g/mol. The Bertz CT molecular complexity index is 459. The van der Waals surface area contributed by atoms with Crippen molar-refractivity contribution in [1.29, 1.82) is 0 Å². The van der Waals surface area contributed by atoms with E-state index in [9.17, 15) is 18.0 Å². The second-order valence-corrected chi connectivity index (χ2v) is 4.44. The van der Waals surface area contributed by atoms with E-state index < -0.39 is 11.7 Å². The van der Waals surface area contributed by atoms with Crippen LogP contribution in [0.3, 0.4) is 0 Å². The van der Waals surface area contributed by atoms with Gasteiger partial charge in [-0.3, -0.25) is 4.79 Å². The van der Waals surface area contributed by atoms with Crippen LogP contribution in [-0.4, -0.2) is 23.4 Å². The van der Waals surface area contributed by atoms with Crippen LogP contribution in [0, 0.1) is 0 Å². The SMILES string of the molecule is [NH3+][C@H]1CCN(Cc2cccc(C(F)(F)F)c2)C1=O. The quantitative estimate of drug-likeness (QED) is 0.848. The molecule has 1 saturated heterocycles. The van der Waals surface area contributed by atoms with Crippen LogP contribution >= 0.6 is 0 Å². The summed E-state index contributed by atoms with van der Waals surface area (Å²) < 4.78 is 37.6. The van der Waals surface area contributed by atoms with Crippen molar-refractivity contribution in [3.63, 3.8) is 0 Å². The number of benzene rings is 1. The molecular weight excluding hydrogens is 245 g/mol. The Morgan fingerprint density at radius 1 is 1.39 bits per heavy atom. The Hall–Kier alpha value is -1.56. The van der Waals surface area contributed by atoms with E-state index in [1.54, 1.807) is 11.0 Å². The summed E-state index contributed by atoms with van der Waals surface area (Å²) in [6, 6.07) is 4.80. The molecule has 3 nitrogen and oxygen atoms in total. The number of rotatable bonds is 2.